The number of carbonyl (C=O) groups excluding carboxylic acids is 1. The highest BCUT2D eigenvalue weighted by molar-refractivity contribution is 5.83. The third kappa shape index (κ3) is 4.81. The molecule has 1 amide bonds. The van der Waals surface area contributed by atoms with Crippen molar-refractivity contribution in [2.24, 2.45) is 0 Å². The normalized spacial score (nSPS) is 15.0. The van der Waals surface area contributed by atoms with E-state index in [1.54, 1.807) is 0 Å². The van der Waals surface area contributed by atoms with E-state index in [4.69, 9.17) is 4.74 Å². The lowest BCUT2D eigenvalue weighted by Crippen LogP contribution is -2.37. The number of amides is 1. The zero-order valence-electron chi connectivity index (χ0n) is 17.2. The molecule has 1 saturated heterocycles. The molecule has 4 rings (SSSR count). The zero-order valence-corrected chi connectivity index (χ0v) is 17.2. The number of H-pyrrole nitrogens is 1. The second-order valence-corrected chi connectivity index (χ2v) is 8.07. The summed E-state index contributed by atoms with van der Waals surface area (Å²) in [5.74, 6) is 1.74. The van der Waals surface area contributed by atoms with Crippen LogP contribution in [-0.2, 0) is 4.79 Å². The molecule has 0 spiro atoms. The molecular formula is C25H30N2O2. The molecule has 0 unspecified atom stereocenters. The van der Waals surface area contributed by atoms with Crippen molar-refractivity contribution in [1.82, 2.24) is 9.88 Å². The van der Waals surface area contributed by atoms with Crippen LogP contribution in [0.4, 0.5) is 0 Å². The average molecular weight is 391 g/mol. The van der Waals surface area contributed by atoms with E-state index in [9.17, 15) is 4.79 Å². The Morgan fingerprint density at radius 3 is 2.76 bits per heavy atom. The van der Waals surface area contributed by atoms with E-state index in [0.29, 0.717) is 18.9 Å². The van der Waals surface area contributed by atoms with Gasteiger partial charge in [-0.3, -0.25) is 4.79 Å². The van der Waals surface area contributed by atoms with Crippen molar-refractivity contribution in [3.63, 3.8) is 0 Å². The Labute approximate surface area is 172 Å². The van der Waals surface area contributed by atoms with E-state index in [2.05, 4.69) is 48.4 Å². The number of carbonyl (C=O) groups is 1. The molecule has 0 aliphatic carbocycles. The van der Waals surface area contributed by atoms with Gasteiger partial charge in [-0.2, -0.15) is 0 Å². The summed E-state index contributed by atoms with van der Waals surface area (Å²) in [6, 6.07) is 16.6. The van der Waals surface area contributed by atoms with Crippen LogP contribution >= 0.6 is 0 Å². The van der Waals surface area contributed by atoms with Crippen molar-refractivity contribution in [2.45, 2.75) is 44.9 Å². The van der Waals surface area contributed by atoms with Crippen molar-refractivity contribution in [2.75, 3.05) is 19.7 Å². The Morgan fingerprint density at radius 2 is 1.93 bits per heavy atom. The second kappa shape index (κ2) is 9.17. The Morgan fingerprint density at radius 1 is 1.10 bits per heavy atom. The van der Waals surface area contributed by atoms with Gasteiger partial charge in [0.15, 0.2) is 0 Å². The minimum Gasteiger partial charge on any atom is -0.494 e. The van der Waals surface area contributed by atoms with Crippen molar-refractivity contribution in [3.05, 3.63) is 65.9 Å². The summed E-state index contributed by atoms with van der Waals surface area (Å²) >= 11 is 0. The molecule has 29 heavy (non-hydrogen) atoms. The monoisotopic (exact) mass is 390 g/mol. The predicted molar refractivity (Wildman–Crippen MR) is 117 cm³/mol. The lowest BCUT2D eigenvalue weighted by atomic mass is 9.89. The number of hydrogen-bond donors (Lipinski definition) is 1. The summed E-state index contributed by atoms with van der Waals surface area (Å²) < 4.78 is 5.78. The minimum absolute atomic E-state index is 0.290. The van der Waals surface area contributed by atoms with Crippen LogP contribution in [0.3, 0.4) is 0 Å². The van der Waals surface area contributed by atoms with Gasteiger partial charge in [0.05, 0.1) is 6.61 Å². The fourth-order valence-corrected chi connectivity index (χ4v) is 4.30. The van der Waals surface area contributed by atoms with Crippen molar-refractivity contribution in [1.29, 1.82) is 0 Å². The van der Waals surface area contributed by atoms with Gasteiger partial charge in [0, 0.05) is 36.6 Å². The van der Waals surface area contributed by atoms with Crippen LogP contribution in [0, 0.1) is 6.92 Å². The van der Waals surface area contributed by atoms with E-state index < -0.39 is 0 Å². The zero-order chi connectivity index (χ0) is 20.1. The Balaban J connectivity index is 1.18. The first-order valence-corrected chi connectivity index (χ1v) is 10.7. The number of ether oxygens (including phenoxy) is 1. The Hall–Kier alpha value is -2.75. The average Bonchev–Trinajstić information content (AvgIpc) is 3.18. The summed E-state index contributed by atoms with van der Waals surface area (Å²) in [6.07, 6.45) is 6.66. The SMILES string of the molecule is Cc1cccc(OCCCCC(=O)N2CCC(c3c[nH]c4ccccc34)CC2)c1. The minimum atomic E-state index is 0.290. The molecule has 0 bridgehead atoms. The maximum absolute atomic E-state index is 12.6. The van der Waals surface area contributed by atoms with Crippen LogP contribution in [0.5, 0.6) is 5.75 Å². The quantitative estimate of drug-likeness (QED) is 0.547. The number of para-hydroxylation sites is 1. The molecule has 0 saturated carbocycles. The standard InChI is InChI=1S/C25H30N2O2/c1-19-7-6-8-21(17-19)29-16-5-4-11-25(28)27-14-12-20(13-15-27)23-18-26-24-10-3-2-9-22(23)24/h2-3,6-10,17-18,20,26H,4-5,11-16H2,1H3. The maximum atomic E-state index is 12.6. The fraction of sp³-hybridized carbons (Fsp3) is 0.400. The highest BCUT2D eigenvalue weighted by Crippen LogP contribution is 2.33. The lowest BCUT2D eigenvalue weighted by molar-refractivity contribution is -0.132. The Bertz CT molecular complexity index is 954. The number of fused-ring (bicyclic) bond motifs is 1. The number of nitrogens with zero attached hydrogens (tertiary/aromatic N) is 1. The third-order valence-electron chi connectivity index (χ3n) is 5.95. The first-order chi connectivity index (χ1) is 14.2. The molecule has 2 heterocycles. The number of nitrogens with one attached hydrogen (secondary N) is 1. The molecule has 0 atom stereocenters. The number of aromatic nitrogens is 1. The molecule has 1 N–H and O–H groups in total. The lowest BCUT2D eigenvalue weighted by Gasteiger charge is -2.32. The van der Waals surface area contributed by atoms with Gasteiger partial charge in [-0.05, 0) is 67.9 Å². The molecule has 0 radical (unpaired) electrons. The summed E-state index contributed by atoms with van der Waals surface area (Å²) in [4.78, 5) is 18.0. The molecular weight excluding hydrogens is 360 g/mol. The molecule has 152 valence electrons. The summed E-state index contributed by atoms with van der Waals surface area (Å²) in [5.41, 5.74) is 3.81. The van der Waals surface area contributed by atoms with E-state index in [1.807, 2.05) is 23.1 Å². The molecule has 1 fully saturated rings. The van der Waals surface area contributed by atoms with Gasteiger partial charge in [0.25, 0.3) is 0 Å². The molecule has 1 aliphatic heterocycles. The van der Waals surface area contributed by atoms with Gasteiger partial charge in [-0.1, -0.05) is 30.3 Å². The highest BCUT2D eigenvalue weighted by atomic mass is 16.5. The molecule has 4 nitrogen and oxygen atoms in total. The van der Waals surface area contributed by atoms with Crippen molar-refractivity contribution >= 4 is 16.8 Å². The first kappa shape index (κ1) is 19.6. The third-order valence-corrected chi connectivity index (χ3v) is 5.95. The highest BCUT2D eigenvalue weighted by Gasteiger charge is 2.25. The van der Waals surface area contributed by atoms with Gasteiger partial charge < -0.3 is 14.6 Å². The van der Waals surface area contributed by atoms with Crippen LogP contribution < -0.4 is 4.74 Å². The first-order valence-electron chi connectivity index (χ1n) is 10.7. The van der Waals surface area contributed by atoms with Crippen molar-refractivity contribution in [3.8, 4) is 5.75 Å². The van der Waals surface area contributed by atoms with Gasteiger partial charge in [0.2, 0.25) is 5.91 Å². The smallest absolute Gasteiger partial charge is 0.222 e. The van der Waals surface area contributed by atoms with Crippen LogP contribution in [0.1, 0.15) is 49.1 Å². The van der Waals surface area contributed by atoms with Crippen LogP contribution in [-0.4, -0.2) is 35.5 Å². The van der Waals surface area contributed by atoms with Gasteiger partial charge in [-0.25, -0.2) is 0 Å². The molecule has 1 aliphatic rings. The number of aromatic amines is 1. The summed E-state index contributed by atoms with van der Waals surface area (Å²) in [5, 5.41) is 1.32. The number of aryl methyl sites for hydroxylation is 1. The second-order valence-electron chi connectivity index (χ2n) is 8.07. The number of piperidine rings is 1. The van der Waals surface area contributed by atoms with E-state index in [-0.39, 0.29) is 5.91 Å². The molecule has 4 heteroatoms. The van der Waals surface area contributed by atoms with E-state index >= 15 is 0 Å². The van der Waals surface area contributed by atoms with Crippen molar-refractivity contribution < 1.29 is 9.53 Å². The van der Waals surface area contributed by atoms with Gasteiger partial charge >= 0.3 is 0 Å². The van der Waals surface area contributed by atoms with E-state index in [1.165, 1.54) is 22.0 Å². The number of likely N-dealkylation sites (tertiary alicyclic amines) is 1. The Kier molecular flexibility index (Phi) is 6.18. The van der Waals surface area contributed by atoms with Crippen LogP contribution in [0.25, 0.3) is 10.9 Å². The molecule has 2 aromatic carbocycles. The topological polar surface area (TPSA) is 45.3 Å². The number of benzene rings is 2. The fourth-order valence-electron chi connectivity index (χ4n) is 4.30. The van der Waals surface area contributed by atoms with Gasteiger partial charge in [0.1, 0.15) is 5.75 Å². The molecule has 1 aromatic heterocycles. The van der Waals surface area contributed by atoms with Gasteiger partial charge in [-0.15, -0.1) is 0 Å². The predicted octanol–water partition coefficient (Wildman–Crippen LogP) is 5.43. The maximum Gasteiger partial charge on any atom is 0.222 e. The number of unbranched alkanes of at least 4 members (excludes halogenated alkanes) is 1. The van der Waals surface area contributed by atoms with E-state index in [0.717, 1.165) is 44.5 Å². The summed E-state index contributed by atoms with van der Waals surface area (Å²) in [6.45, 7) is 4.46. The number of hydrogen-bond acceptors (Lipinski definition) is 2. The van der Waals surface area contributed by atoms with Crippen LogP contribution in [0.2, 0.25) is 0 Å². The largest absolute Gasteiger partial charge is 0.494 e. The number of rotatable bonds is 7. The molecule has 3 aromatic rings. The van der Waals surface area contributed by atoms with Crippen LogP contribution in [0.15, 0.2) is 54.7 Å². The summed E-state index contributed by atoms with van der Waals surface area (Å²) in [7, 11) is 0.